The molecule has 0 aliphatic carbocycles. The molecule has 2 aromatic carbocycles. The largest absolute Gasteiger partial charge is 0.493 e. The van der Waals surface area contributed by atoms with Gasteiger partial charge >= 0.3 is 0 Å². The normalized spacial score (nSPS) is 16.3. The average Bonchev–Trinajstić information content (AvgIpc) is 2.71. The second kappa shape index (κ2) is 10.4. The SMILES string of the molecule is CSCCC(NC(=O)c1ccccc1Cl)C(=O)NC1CCOc2ccc(Br)cc21. The molecule has 0 fully saturated rings. The van der Waals surface area contributed by atoms with Gasteiger partial charge < -0.3 is 15.4 Å². The first kappa shape index (κ1) is 22.0. The van der Waals surface area contributed by atoms with Gasteiger partial charge in [0.2, 0.25) is 5.91 Å². The highest BCUT2D eigenvalue weighted by Gasteiger charge is 2.28. The Morgan fingerprint density at radius 3 is 2.86 bits per heavy atom. The summed E-state index contributed by atoms with van der Waals surface area (Å²) in [6.45, 7) is 0.529. The summed E-state index contributed by atoms with van der Waals surface area (Å²) >= 11 is 11.2. The first-order chi connectivity index (χ1) is 14.0. The number of hydrogen-bond acceptors (Lipinski definition) is 4. The fourth-order valence-electron chi connectivity index (χ4n) is 3.17. The monoisotopic (exact) mass is 496 g/mol. The quantitative estimate of drug-likeness (QED) is 0.587. The number of ether oxygens (including phenoxy) is 1. The van der Waals surface area contributed by atoms with Crippen molar-refractivity contribution in [1.82, 2.24) is 10.6 Å². The van der Waals surface area contributed by atoms with Gasteiger partial charge in [-0.15, -0.1) is 0 Å². The van der Waals surface area contributed by atoms with Crippen molar-refractivity contribution in [2.45, 2.75) is 24.9 Å². The van der Waals surface area contributed by atoms with Gasteiger partial charge in [0, 0.05) is 16.5 Å². The lowest BCUT2D eigenvalue weighted by atomic mass is 10.00. The molecule has 2 amide bonds. The van der Waals surface area contributed by atoms with E-state index in [2.05, 4.69) is 26.6 Å². The number of carbonyl (C=O) groups excluding carboxylic acids is 2. The van der Waals surface area contributed by atoms with Gasteiger partial charge in [0.05, 0.1) is 23.2 Å². The average molecular weight is 498 g/mol. The fourth-order valence-corrected chi connectivity index (χ4v) is 4.25. The summed E-state index contributed by atoms with van der Waals surface area (Å²) in [5.74, 6) is 0.950. The molecule has 1 aliphatic rings. The van der Waals surface area contributed by atoms with Gasteiger partial charge in [0.1, 0.15) is 11.8 Å². The maximum absolute atomic E-state index is 13.0. The highest BCUT2D eigenvalue weighted by molar-refractivity contribution is 9.10. The molecule has 154 valence electrons. The van der Waals surface area contributed by atoms with E-state index in [1.165, 1.54) is 0 Å². The van der Waals surface area contributed by atoms with E-state index < -0.39 is 6.04 Å². The molecule has 0 saturated carbocycles. The summed E-state index contributed by atoms with van der Waals surface area (Å²) in [6.07, 6.45) is 3.16. The highest BCUT2D eigenvalue weighted by Crippen LogP contribution is 2.34. The van der Waals surface area contributed by atoms with Crippen LogP contribution in [0.5, 0.6) is 5.75 Å². The lowest BCUT2D eigenvalue weighted by Crippen LogP contribution is -2.48. The zero-order chi connectivity index (χ0) is 20.8. The molecule has 29 heavy (non-hydrogen) atoms. The zero-order valence-electron chi connectivity index (χ0n) is 15.9. The van der Waals surface area contributed by atoms with Gasteiger partial charge in [-0.2, -0.15) is 11.8 Å². The van der Waals surface area contributed by atoms with E-state index in [4.69, 9.17) is 16.3 Å². The van der Waals surface area contributed by atoms with Gasteiger partial charge in [0.25, 0.3) is 5.91 Å². The maximum atomic E-state index is 13.0. The Labute approximate surface area is 188 Å². The van der Waals surface area contributed by atoms with Crippen molar-refractivity contribution < 1.29 is 14.3 Å². The number of carbonyl (C=O) groups is 2. The van der Waals surface area contributed by atoms with Crippen LogP contribution in [0.3, 0.4) is 0 Å². The Morgan fingerprint density at radius 2 is 2.10 bits per heavy atom. The number of halogens is 2. The standard InChI is InChI=1S/C21H22BrClN2O3S/c1-29-11-9-18(25-20(26)14-4-2-3-5-16(14)23)21(27)24-17-8-10-28-19-7-6-13(22)12-15(17)19/h2-7,12,17-18H,8-11H2,1H3,(H,24,27)(H,25,26). The molecule has 2 unspecified atom stereocenters. The number of rotatable bonds is 7. The van der Waals surface area contributed by atoms with Crippen LogP contribution in [0.4, 0.5) is 0 Å². The van der Waals surface area contributed by atoms with Crippen LogP contribution in [0.25, 0.3) is 0 Å². The van der Waals surface area contributed by atoms with E-state index >= 15 is 0 Å². The van der Waals surface area contributed by atoms with E-state index in [0.717, 1.165) is 21.5 Å². The smallest absolute Gasteiger partial charge is 0.253 e. The predicted octanol–water partition coefficient (Wildman–Crippen LogP) is 4.59. The van der Waals surface area contributed by atoms with Crippen LogP contribution in [0.15, 0.2) is 46.9 Å². The minimum absolute atomic E-state index is 0.169. The van der Waals surface area contributed by atoms with Crippen molar-refractivity contribution in [1.29, 1.82) is 0 Å². The third-order valence-corrected chi connectivity index (χ3v) is 6.15. The number of benzene rings is 2. The van der Waals surface area contributed by atoms with Crippen molar-refractivity contribution in [3.63, 3.8) is 0 Å². The van der Waals surface area contributed by atoms with Crippen LogP contribution in [0, 0.1) is 0 Å². The third-order valence-electron chi connectivity index (χ3n) is 4.68. The van der Waals surface area contributed by atoms with Crippen LogP contribution in [-0.2, 0) is 4.79 Å². The second-order valence-electron chi connectivity index (χ2n) is 6.67. The van der Waals surface area contributed by atoms with Crippen LogP contribution >= 0.6 is 39.3 Å². The molecular weight excluding hydrogens is 476 g/mol. The molecule has 2 atom stereocenters. The van der Waals surface area contributed by atoms with Crippen molar-refractivity contribution in [2.75, 3.05) is 18.6 Å². The van der Waals surface area contributed by atoms with Gasteiger partial charge in [-0.25, -0.2) is 0 Å². The topological polar surface area (TPSA) is 67.4 Å². The Hall–Kier alpha value is -1.70. The Morgan fingerprint density at radius 1 is 1.31 bits per heavy atom. The molecule has 0 bridgehead atoms. The minimum Gasteiger partial charge on any atom is -0.493 e. The van der Waals surface area contributed by atoms with Crippen molar-refractivity contribution >= 4 is 51.1 Å². The molecular formula is C21H22BrClN2O3S. The molecule has 5 nitrogen and oxygen atoms in total. The van der Waals surface area contributed by atoms with E-state index in [1.54, 1.807) is 36.0 Å². The van der Waals surface area contributed by atoms with Crippen molar-refractivity contribution in [2.24, 2.45) is 0 Å². The number of thioether (sulfide) groups is 1. The third kappa shape index (κ3) is 5.68. The number of nitrogens with one attached hydrogen (secondary N) is 2. The van der Waals surface area contributed by atoms with E-state index in [9.17, 15) is 9.59 Å². The minimum atomic E-state index is -0.648. The van der Waals surface area contributed by atoms with E-state index in [0.29, 0.717) is 30.0 Å². The molecule has 1 aliphatic heterocycles. The Kier molecular flexibility index (Phi) is 7.86. The van der Waals surface area contributed by atoms with Gasteiger partial charge in [0.15, 0.2) is 0 Å². The van der Waals surface area contributed by atoms with Crippen molar-refractivity contribution in [3.8, 4) is 5.75 Å². The van der Waals surface area contributed by atoms with Crippen LogP contribution in [0.1, 0.15) is 34.8 Å². The molecule has 2 aromatic rings. The lowest BCUT2D eigenvalue weighted by Gasteiger charge is -2.29. The molecule has 1 heterocycles. The van der Waals surface area contributed by atoms with Gasteiger partial charge in [-0.1, -0.05) is 39.7 Å². The summed E-state index contributed by atoms with van der Waals surface area (Å²) in [7, 11) is 0. The van der Waals surface area contributed by atoms with Crippen LogP contribution < -0.4 is 15.4 Å². The summed E-state index contributed by atoms with van der Waals surface area (Å²) in [5.41, 5.74) is 1.29. The number of hydrogen-bond donors (Lipinski definition) is 2. The zero-order valence-corrected chi connectivity index (χ0v) is 19.1. The Bertz CT molecular complexity index is 896. The van der Waals surface area contributed by atoms with Crippen LogP contribution in [-0.4, -0.2) is 36.5 Å². The maximum Gasteiger partial charge on any atom is 0.253 e. The second-order valence-corrected chi connectivity index (χ2v) is 8.98. The molecule has 0 aromatic heterocycles. The molecule has 0 spiro atoms. The Balaban J connectivity index is 1.74. The molecule has 8 heteroatoms. The highest BCUT2D eigenvalue weighted by atomic mass is 79.9. The molecule has 3 rings (SSSR count). The fraction of sp³-hybridized carbons (Fsp3) is 0.333. The molecule has 0 saturated heterocycles. The van der Waals surface area contributed by atoms with E-state index in [1.807, 2.05) is 24.5 Å². The summed E-state index contributed by atoms with van der Waals surface area (Å²) < 4.78 is 6.61. The van der Waals surface area contributed by atoms with Crippen molar-refractivity contribution in [3.05, 3.63) is 63.1 Å². The summed E-state index contributed by atoms with van der Waals surface area (Å²) in [6, 6.07) is 11.8. The first-order valence-electron chi connectivity index (χ1n) is 9.26. The van der Waals surface area contributed by atoms with E-state index in [-0.39, 0.29) is 17.9 Å². The molecule has 2 N–H and O–H groups in total. The lowest BCUT2D eigenvalue weighted by molar-refractivity contribution is -0.124. The predicted molar refractivity (Wildman–Crippen MR) is 121 cm³/mol. The number of fused-ring (bicyclic) bond motifs is 1. The van der Waals surface area contributed by atoms with Gasteiger partial charge in [-0.3, -0.25) is 9.59 Å². The summed E-state index contributed by atoms with van der Waals surface area (Å²) in [4.78, 5) is 25.7. The summed E-state index contributed by atoms with van der Waals surface area (Å²) in [5, 5.41) is 6.29. The molecule has 0 radical (unpaired) electrons. The van der Waals surface area contributed by atoms with Crippen LogP contribution in [0.2, 0.25) is 5.02 Å². The first-order valence-corrected chi connectivity index (χ1v) is 11.8. The van der Waals surface area contributed by atoms with Gasteiger partial charge in [-0.05, 0) is 48.8 Å². The number of amides is 2.